The predicted octanol–water partition coefficient (Wildman–Crippen LogP) is 5.27. The van der Waals surface area contributed by atoms with Crippen LogP contribution in [0.3, 0.4) is 0 Å². The summed E-state index contributed by atoms with van der Waals surface area (Å²) in [6, 6.07) is 17.4. The third-order valence-corrected chi connectivity index (χ3v) is 3.97. The number of benzene rings is 2. The van der Waals surface area contributed by atoms with Gasteiger partial charge in [0, 0.05) is 17.6 Å². The van der Waals surface area contributed by atoms with Gasteiger partial charge in [0.1, 0.15) is 23.7 Å². The Kier molecular flexibility index (Phi) is 5.92. The van der Waals surface area contributed by atoms with Crippen molar-refractivity contribution in [2.75, 3.05) is 10.6 Å². The third-order valence-electron chi connectivity index (χ3n) is 3.60. The molecule has 0 aliphatic heterocycles. The maximum absolute atomic E-state index is 6.19. The van der Waals surface area contributed by atoms with Crippen molar-refractivity contribution in [2.45, 2.75) is 26.5 Å². The number of para-hydroxylation sites is 2. The monoisotopic (exact) mass is 368 g/mol. The fourth-order valence-electron chi connectivity index (χ4n) is 2.41. The standard InChI is InChI=1S/C20H21ClN4O/c1-14(2)26-18-10-6-5-9-17(18)25-20-11-19(23-13-24-20)22-12-15-7-3-4-8-16(15)21/h3-11,13-14H,12H2,1-2H3,(H2,22,23,24,25). The Bertz CT molecular complexity index is 870. The van der Waals surface area contributed by atoms with Gasteiger partial charge in [0.05, 0.1) is 11.8 Å². The van der Waals surface area contributed by atoms with Crippen molar-refractivity contribution in [2.24, 2.45) is 0 Å². The number of rotatable bonds is 7. The normalized spacial score (nSPS) is 10.6. The van der Waals surface area contributed by atoms with Gasteiger partial charge in [-0.1, -0.05) is 41.9 Å². The maximum Gasteiger partial charge on any atom is 0.143 e. The molecule has 6 heteroatoms. The average molecular weight is 369 g/mol. The van der Waals surface area contributed by atoms with Gasteiger partial charge in [-0.05, 0) is 37.6 Å². The van der Waals surface area contributed by atoms with Gasteiger partial charge in [-0.15, -0.1) is 0 Å². The molecule has 2 N–H and O–H groups in total. The summed E-state index contributed by atoms with van der Waals surface area (Å²) >= 11 is 6.19. The molecule has 0 spiro atoms. The minimum absolute atomic E-state index is 0.0937. The van der Waals surface area contributed by atoms with Crippen LogP contribution in [-0.4, -0.2) is 16.1 Å². The van der Waals surface area contributed by atoms with Crippen LogP contribution in [0.15, 0.2) is 60.9 Å². The zero-order chi connectivity index (χ0) is 18.4. The molecule has 5 nitrogen and oxygen atoms in total. The summed E-state index contributed by atoms with van der Waals surface area (Å²) in [6.45, 7) is 4.58. The van der Waals surface area contributed by atoms with Crippen molar-refractivity contribution >= 4 is 28.9 Å². The predicted molar refractivity (Wildman–Crippen MR) is 106 cm³/mol. The van der Waals surface area contributed by atoms with Crippen molar-refractivity contribution in [3.63, 3.8) is 0 Å². The molecule has 0 bridgehead atoms. The van der Waals surface area contributed by atoms with Crippen molar-refractivity contribution < 1.29 is 4.74 Å². The van der Waals surface area contributed by atoms with Crippen LogP contribution >= 0.6 is 11.6 Å². The Labute approximate surface area is 158 Å². The Balaban J connectivity index is 1.71. The Morgan fingerprint density at radius 2 is 1.73 bits per heavy atom. The highest BCUT2D eigenvalue weighted by Gasteiger charge is 2.07. The summed E-state index contributed by atoms with van der Waals surface area (Å²) in [5.41, 5.74) is 1.87. The van der Waals surface area contributed by atoms with E-state index in [1.165, 1.54) is 6.33 Å². The molecule has 134 valence electrons. The van der Waals surface area contributed by atoms with Gasteiger partial charge >= 0.3 is 0 Å². The zero-order valence-electron chi connectivity index (χ0n) is 14.7. The molecule has 0 aliphatic carbocycles. The molecule has 0 saturated carbocycles. The van der Waals surface area contributed by atoms with Gasteiger partial charge in [-0.25, -0.2) is 9.97 Å². The topological polar surface area (TPSA) is 59.1 Å². The molecule has 2 aromatic carbocycles. The van der Waals surface area contributed by atoms with E-state index >= 15 is 0 Å². The van der Waals surface area contributed by atoms with Crippen molar-refractivity contribution in [1.82, 2.24) is 9.97 Å². The minimum Gasteiger partial charge on any atom is -0.489 e. The molecule has 0 saturated heterocycles. The van der Waals surface area contributed by atoms with Gasteiger partial charge in [0.15, 0.2) is 0 Å². The Hall–Kier alpha value is -2.79. The van der Waals surface area contributed by atoms with Crippen LogP contribution < -0.4 is 15.4 Å². The van der Waals surface area contributed by atoms with Gasteiger partial charge < -0.3 is 15.4 Å². The van der Waals surface area contributed by atoms with Gasteiger partial charge in [0.2, 0.25) is 0 Å². The van der Waals surface area contributed by atoms with E-state index in [0.29, 0.717) is 18.2 Å². The van der Waals surface area contributed by atoms with Crippen molar-refractivity contribution in [3.05, 3.63) is 71.5 Å². The number of nitrogens with zero attached hydrogens (tertiary/aromatic N) is 2. The van der Waals surface area contributed by atoms with E-state index < -0.39 is 0 Å². The second-order valence-corrected chi connectivity index (χ2v) is 6.43. The summed E-state index contributed by atoms with van der Waals surface area (Å²) in [6.07, 6.45) is 1.61. The van der Waals surface area contributed by atoms with E-state index in [2.05, 4.69) is 20.6 Å². The smallest absolute Gasteiger partial charge is 0.143 e. The highest BCUT2D eigenvalue weighted by Crippen LogP contribution is 2.28. The molecule has 0 radical (unpaired) electrons. The largest absolute Gasteiger partial charge is 0.489 e. The molecular weight excluding hydrogens is 348 g/mol. The molecule has 0 fully saturated rings. The highest BCUT2D eigenvalue weighted by molar-refractivity contribution is 6.31. The van der Waals surface area contributed by atoms with Gasteiger partial charge in [0.25, 0.3) is 0 Å². The molecule has 26 heavy (non-hydrogen) atoms. The van der Waals surface area contributed by atoms with Crippen LogP contribution in [0.5, 0.6) is 5.75 Å². The summed E-state index contributed by atoms with van der Waals surface area (Å²) in [7, 11) is 0. The van der Waals surface area contributed by atoms with Crippen LogP contribution in [0.1, 0.15) is 19.4 Å². The van der Waals surface area contributed by atoms with Crippen molar-refractivity contribution in [3.8, 4) is 5.75 Å². The van der Waals surface area contributed by atoms with E-state index in [9.17, 15) is 0 Å². The number of hydrogen-bond donors (Lipinski definition) is 2. The first-order valence-corrected chi connectivity index (χ1v) is 8.81. The number of nitrogens with one attached hydrogen (secondary N) is 2. The van der Waals surface area contributed by atoms with E-state index in [1.54, 1.807) is 0 Å². The van der Waals surface area contributed by atoms with Crippen LogP contribution in [0.25, 0.3) is 0 Å². The first kappa shape index (κ1) is 18.0. The number of ether oxygens (including phenoxy) is 1. The molecule has 0 unspecified atom stereocenters. The molecule has 3 aromatic rings. The lowest BCUT2D eigenvalue weighted by Crippen LogP contribution is -2.08. The van der Waals surface area contributed by atoms with Crippen LogP contribution in [0.2, 0.25) is 5.02 Å². The molecular formula is C20H21ClN4O. The maximum atomic E-state index is 6.19. The zero-order valence-corrected chi connectivity index (χ0v) is 15.5. The third kappa shape index (κ3) is 4.86. The first-order valence-electron chi connectivity index (χ1n) is 8.44. The summed E-state index contributed by atoms with van der Waals surface area (Å²) < 4.78 is 5.83. The minimum atomic E-state index is 0.0937. The Morgan fingerprint density at radius 3 is 2.54 bits per heavy atom. The van der Waals surface area contributed by atoms with Crippen LogP contribution in [0, 0.1) is 0 Å². The SMILES string of the molecule is CC(C)Oc1ccccc1Nc1cc(NCc2ccccc2Cl)ncn1. The number of anilines is 3. The van der Waals surface area contributed by atoms with E-state index in [1.807, 2.05) is 68.4 Å². The average Bonchev–Trinajstić information content (AvgIpc) is 2.63. The molecule has 0 atom stereocenters. The summed E-state index contributed by atoms with van der Waals surface area (Å²) in [5, 5.41) is 7.28. The summed E-state index contributed by atoms with van der Waals surface area (Å²) in [5.74, 6) is 2.18. The fraction of sp³-hybridized carbons (Fsp3) is 0.200. The molecule has 1 aromatic heterocycles. The molecule has 0 aliphatic rings. The molecule has 0 amide bonds. The lowest BCUT2D eigenvalue weighted by Gasteiger charge is -2.15. The van der Waals surface area contributed by atoms with E-state index in [0.717, 1.165) is 22.0 Å². The van der Waals surface area contributed by atoms with Gasteiger partial charge in [-0.3, -0.25) is 0 Å². The number of halogens is 1. The lowest BCUT2D eigenvalue weighted by atomic mass is 10.2. The van der Waals surface area contributed by atoms with E-state index in [-0.39, 0.29) is 6.10 Å². The Morgan fingerprint density at radius 1 is 1.00 bits per heavy atom. The quantitative estimate of drug-likeness (QED) is 0.594. The number of hydrogen-bond acceptors (Lipinski definition) is 5. The van der Waals surface area contributed by atoms with Crippen LogP contribution in [-0.2, 0) is 6.54 Å². The van der Waals surface area contributed by atoms with Crippen molar-refractivity contribution in [1.29, 1.82) is 0 Å². The van der Waals surface area contributed by atoms with Gasteiger partial charge in [-0.2, -0.15) is 0 Å². The lowest BCUT2D eigenvalue weighted by molar-refractivity contribution is 0.244. The fourth-order valence-corrected chi connectivity index (χ4v) is 2.62. The molecule has 3 rings (SSSR count). The van der Waals surface area contributed by atoms with E-state index in [4.69, 9.17) is 16.3 Å². The summed E-state index contributed by atoms with van der Waals surface area (Å²) in [4.78, 5) is 8.54. The highest BCUT2D eigenvalue weighted by atomic mass is 35.5. The second-order valence-electron chi connectivity index (χ2n) is 6.02. The van der Waals surface area contributed by atoms with Crippen LogP contribution in [0.4, 0.5) is 17.3 Å². The number of aromatic nitrogens is 2. The molecule has 1 heterocycles. The second kappa shape index (κ2) is 8.54. The first-order chi connectivity index (χ1) is 12.6.